The number of nitrogens with one attached hydrogen (secondary N) is 1. The van der Waals surface area contributed by atoms with Crippen LogP contribution in [0.1, 0.15) is 16.4 Å². The van der Waals surface area contributed by atoms with Crippen molar-refractivity contribution in [3.05, 3.63) is 90.1 Å². The second kappa shape index (κ2) is 8.13. The van der Waals surface area contributed by atoms with Crippen LogP contribution in [0.5, 0.6) is 0 Å². The Morgan fingerprint density at radius 2 is 1.72 bits per heavy atom. The molecule has 1 atom stereocenters. The molecule has 1 N–H and O–H groups in total. The lowest BCUT2D eigenvalue weighted by Gasteiger charge is -2.16. The van der Waals surface area contributed by atoms with E-state index in [4.69, 9.17) is 5.26 Å². The number of nitrogens with zero attached hydrogens (tertiary/aromatic N) is 2. The van der Waals surface area contributed by atoms with Gasteiger partial charge in [-0.2, -0.15) is 5.26 Å². The molecule has 2 aromatic carbocycles. The van der Waals surface area contributed by atoms with Gasteiger partial charge in [-0.15, -0.1) is 0 Å². The number of carbonyl (C=O) groups excluding carboxylic acids is 1. The van der Waals surface area contributed by atoms with E-state index in [1.54, 1.807) is 18.3 Å². The lowest BCUT2D eigenvalue weighted by molar-refractivity contribution is -0.115. The second-order valence-corrected chi connectivity index (χ2v) is 6.38. The van der Waals surface area contributed by atoms with Crippen LogP contribution >= 0.6 is 11.8 Å². The summed E-state index contributed by atoms with van der Waals surface area (Å²) in [7, 11) is 0. The average molecular weight is 345 g/mol. The van der Waals surface area contributed by atoms with Crippen LogP contribution in [0, 0.1) is 11.3 Å². The van der Waals surface area contributed by atoms with Gasteiger partial charge in [-0.25, -0.2) is 4.98 Å². The molecule has 0 radical (unpaired) electrons. The van der Waals surface area contributed by atoms with Crippen molar-refractivity contribution in [2.45, 2.75) is 10.3 Å². The summed E-state index contributed by atoms with van der Waals surface area (Å²) in [4.78, 5) is 17.1. The van der Waals surface area contributed by atoms with Crippen molar-refractivity contribution < 1.29 is 4.79 Å². The maximum absolute atomic E-state index is 12.8. The first-order valence-electron chi connectivity index (χ1n) is 7.70. The van der Waals surface area contributed by atoms with E-state index >= 15 is 0 Å². The molecule has 1 amide bonds. The Kier molecular flexibility index (Phi) is 5.45. The number of nitriles is 1. The molecule has 4 nitrogen and oxygen atoms in total. The number of benzene rings is 2. The van der Waals surface area contributed by atoms with Crippen LogP contribution in [-0.2, 0) is 4.79 Å². The molecule has 0 saturated carbocycles. The molecule has 0 spiro atoms. The van der Waals surface area contributed by atoms with E-state index < -0.39 is 5.25 Å². The third kappa shape index (κ3) is 4.46. The van der Waals surface area contributed by atoms with Crippen LogP contribution < -0.4 is 5.32 Å². The number of aromatic nitrogens is 1. The first kappa shape index (κ1) is 16.7. The Bertz CT molecular complexity index is 892. The molecule has 5 heteroatoms. The van der Waals surface area contributed by atoms with E-state index in [-0.39, 0.29) is 5.91 Å². The molecule has 25 heavy (non-hydrogen) atoms. The summed E-state index contributed by atoms with van der Waals surface area (Å²) in [6, 6.07) is 24.3. The zero-order valence-corrected chi connectivity index (χ0v) is 14.1. The standard InChI is InChI=1S/C20H15N3OS/c21-14-15-11-12-22-18(13-15)25-19(16-7-3-1-4-8-16)20(24)23-17-9-5-2-6-10-17/h1-13,19H,(H,23,24). The van der Waals surface area contributed by atoms with Crippen molar-refractivity contribution in [3.8, 4) is 6.07 Å². The molecule has 1 heterocycles. The number of para-hydroxylation sites is 1. The number of rotatable bonds is 5. The summed E-state index contributed by atoms with van der Waals surface area (Å²) < 4.78 is 0. The van der Waals surface area contributed by atoms with Gasteiger partial charge in [-0.1, -0.05) is 60.3 Å². The molecular weight excluding hydrogens is 330 g/mol. The zero-order valence-electron chi connectivity index (χ0n) is 13.3. The number of anilines is 1. The number of pyridine rings is 1. The fourth-order valence-corrected chi connectivity index (χ4v) is 3.31. The minimum atomic E-state index is -0.470. The fraction of sp³-hybridized carbons (Fsp3) is 0.0500. The van der Waals surface area contributed by atoms with Gasteiger partial charge in [0.25, 0.3) is 0 Å². The Labute approximate surface area is 150 Å². The van der Waals surface area contributed by atoms with Gasteiger partial charge < -0.3 is 5.32 Å². The quantitative estimate of drug-likeness (QED) is 0.695. The zero-order chi connectivity index (χ0) is 17.5. The molecule has 1 unspecified atom stereocenters. The van der Waals surface area contributed by atoms with Crippen LogP contribution in [0.4, 0.5) is 5.69 Å². The van der Waals surface area contributed by atoms with Crippen molar-refractivity contribution in [1.82, 2.24) is 4.98 Å². The van der Waals surface area contributed by atoms with Crippen LogP contribution in [0.15, 0.2) is 84.0 Å². The van der Waals surface area contributed by atoms with Gasteiger partial charge in [0.1, 0.15) is 5.25 Å². The smallest absolute Gasteiger partial charge is 0.242 e. The third-order valence-corrected chi connectivity index (χ3v) is 4.67. The highest BCUT2D eigenvalue weighted by atomic mass is 32.2. The molecule has 0 fully saturated rings. The molecule has 1 aromatic heterocycles. The maximum atomic E-state index is 12.8. The van der Waals surface area contributed by atoms with Crippen molar-refractivity contribution in [2.24, 2.45) is 0 Å². The van der Waals surface area contributed by atoms with Gasteiger partial charge in [0.2, 0.25) is 5.91 Å². The van der Waals surface area contributed by atoms with Crippen molar-refractivity contribution >= 4 is 23.4 Å². The predicted molar refractivity (Wildman–Crippen MR) is 99.1 cm³/mol. The largest absolute Gasteiger partial charge is 0.325 e. The van der Waals surface area contributed by atoms with Crippen molar-refractivity contribution in [2.75, 3.05) is 5.32 Å². The molecule has 0 aliphatic heterocycles. The first-order chi connectivity index (χ1) is 12.3. The van der Waals surface area contributed by atoms with Gasteiger partial charge >= 0.3 is 0 Å². The number of thioether (sulfide) groups is 1. The van der Waals surface area contributed by atoms with Crippen LogP contribution in [0.25, 0.3) is 0 Å². The molecule has 122 valence electrons. The highest BCUT2D eigenvalue weighted by molar-refractivity contribution is 8.00. The maximum Gasteiger partial charge on any atom is 0.242 e. The topological polar surface area (TPSA) is 65.8 Å². The van der Waals surface area contributed by atoms with E-state index in [0.29, 0.717) is 10.6 Å². The van der Waals surface area contributed by atoms with Crippen molar-refractivity contribution in [1.29, 1.82) is 5.26 Å². The number of amides is 1. The minimum absolute atomic E-state index is 0.133. The van der Waals surface area contributed by atoms with Crippen molar-refractivity contribution in [3.63, 3.8) is 0 Å². The lowest BCUT2D eigenvalue weighted by atomic mass is 10.1. The van der Waals surface area contributed by atoms with Crippen LogP contribution in [-0.4, -0.2) is 10.9 Å². The first-order valence-corrected chi connectivity index (χ1v) is 8.58. The van der Waals surface area contributed by atoms with Gasteiger partial charge in [0.15, 0.2) is 0 Å². The normalized spacial score (nSPS) is 11.3. The summed E-state index contributed by atoms with van der Waals surface area (Å²) in [5.41, 5.74) is 2.14. The Hall–Kier alpha value is -3.10. The average Bonchev–Trinajstić information content (AvgIpc) is 2.67. The predicted octanol–water partition coefficient (Wildman–Crippen LogP) is 4.43. The van der Waals surface area contributed by atoms with Gasteiger partial charge in [0, 0.05) is 11.9 Å². The van der Waals surface area contributed by atoms with E-state index in [1.165, 1.54) is 11.8 Å². The van der Waals surface area contributed by atoms with Crippen LogP contribution in [0.3, 0.4) is 0 Å². The molecule has 0 saturated heterocycles. The monoisotopic (exact) mass is 345 g/mol. The number of carbonyl (C=O) groups is 1. The van der Waals surface area contributed by atoms with Gasteiger partial charge in [-0.05, 0) is 29.8 Å². The van der Waals surface area contributed by atoms with E-state index in [2.05, 4.69) is 16.4 Å². The van der Waals surface area contributed by atoms with E-state index in [9.17, 15) is 4.79 Å². The Morgan fingerprint density at radius 3 is 2.40 bits per heavy atom. The summed E-state index contributed by atoms with van der Waals surface area (Å²) in [6.07, 6.45) is 1.58. The molecular formula is C20H15N3OS. The van der Waals surface area contributed by atoms with E-state index in [1.807, 2.05) is 60.7 Å². The molecule has 0 aliphatic carbocycles. The SMILES string of the molecule is N#Cc1ccnc(SC(C(=O)Nc2ccccc2)c2ccccc2)c1. The lowest BCUT2D eigenvalue weighted by Crippen LogP contribution is -2.19. The van der Waals surface area contributed by atoms with Gasteiger partial charge in [-0.3, -0.25) is 4.79 Å². The summed E-state index contributed by atoms with van der Waals surface area (Å²) >= 11 is 1.32. The summed E-state index contributed by atoms with van der Waals surface area (Å²) in [5, 5.41) is 12.2. The number of hydrogen-bond donors (Lipinski definition) is 1. The highest BCUT2D eigenvalue weighted by Gasteiger charge is 2.22. The molecule has 3 aromatic rings. The third-order valence-electron chi connectivity index (χ3n) is 3.48. The van der Waals surface area contributed by atoms with Crippen LogP contribution in [0.2, 0.25) is 0 Å². The van der Waals surface area contributed by atoms with E-state index in [0.717, 1.165) is 11.3 Å². The number of hydrogen-bond acceptors (Lipinski definition) is 4. The Balaban J connectivity index is 1.87. The molecule has 0 bridgehead atoms. The summed E-state index contributed by atoms with van der Waals surface area (Å²) in [5.74, 6) is -0.133. The minimum Gasteiger partial charge on any atom is -0.325 e. The molecule has 0 aliphatic rings. The highest BCUT2D eigenvalue weighted by Crippen LogP contribution is 2.35. The molecule has 3 rings (SSSR count). The fourth-order valence-electron chi connectivity index (χ4n) is 2.29. The summed E-state index contributed by atoms with van der Waals surface area (Å²) in [6.45, 7) is 0. The Morgan fingerprint density at radius 1 is 1.04 bits per heavy atom. The van der Waals surface area contributed by atoms with Gasteiger partial charge in [0.05, 0.1) is 16.7 Å². The second-order valence-electron chi connectivity index (χ2n) is 5.26.